The van der Waals surface area contributed by atoms with Gasteiger partial charge >= 0.3 is 35.5 Å². The number of rotatable bonds is 2. The fourth-order valence-corrected chi connectivity index (χ4v) is 0.625. The first-order valence-corrected chi connectivity index (χ1v) is 4.13. The van der Waals surface area contributed by atoms with Crippen LogP contribution in [0, 0.1) is 0 Å². The minimum absolute atomic E-state index is 0. The zero-order chi connectivity index (χ0) is 7.49. The van der Waals surface area contributed by atoms with Crippen LogP contribution >= 0.6 is 0 Å². The molecule has 0 amide bonds. The zero-order valence-corrected chi connectivity index (χ0v) is 8.52. The number of hydrogen-bond donors (Lipinski definition) is 0. The van der Waals surface area contributed by atoms with E-state index in [0.29, 0.717) is 0 Å². The molecule has 0 aliphatic carbocycles. The Hall–Kier alpha value is 0.687. The molecule has 0 fully saturated rings. The van der Waals surface area contributed by atoms with Crippen molar-refractivity contribution in [2.45, 2.75) is 25.3 Å². The molecular weight excluding hydrogens is 155 g/mol. The topological polar surface area (TPSA) is 26.3 Å². The SMILES string of the molecule is CCC(C)([SiH3])C(=O)OC.[NaH]. The Morgan fingerprint density at radius 3 is 2.20 bits per heavy atom. The van der Waals surface area contributed by atoms with Crippen LogP contribution < -0.4 is 0 Å². The van der Waals surface area contributed by atoms with E-state index in [1.54, 1.807) is 0 Å². The fraction of sp³-hybridized carbons (Fsp3) is 0.833. The summed E-state index contributed by atoms with van der Waals surface area (Å²) in [6, 6.07) is 0. The summed E-state index contributed by atoms with van der Waals surface area (Å²) in [7, 11) is 2.31. The van der Waals surface area contributed by atoms with Crippen molar-refractivity contribution >= 4 is 45.8 Å². The molecule has 56 valence electrons. The van der Waals surface area contributed by atoms with Crippen LogP contribution in [0.3, 0.4) is 0 Å². The maximum absolute atomic E-state index is 10.9. The minimum atomic E-state index is -0.172. The van der Waals surface area contributed by atoms with Crippen LogP contribution in [0.25, 0.3) is 0 Å². The number of esters is 1. The van der Waals surface area contributed by atoms with Gasteiger partial charge in [0.15, 0.2) is 0 Å². The van der Waals surface area contributed by atoms with Crippen molar-refractivity contribution in [3.05, 3.63) is 0 Å². The second kappa shape index (κ2) is 5.35. The van der Waals surface area contributed by atoms with E-state index in [0.717, 1.165) is 16.7 Å². The van der Waals surface area contributed by atoms with Crippen LogP contribution in [0.1, 0.15) is 20.3 Å². The first kappa shape index (κ1) is 13.3. The summed E-state index contributed by atoms with van der Waals surface area (Å²) in [5.41, 5.74) is 0. The summed E-state index contributed by atoms with van der Waals surface area (Å²) in [4.78, 5) is 10.9. The third-order valence-corrected chi connectivity index (χ3v) is 2.74. The van der Waals surface area contributed by atoms with Crippen molar-refractivity contribution in [3.63, 3.8) is 0 Å². The monoisotopic (exact) mass is 170 g/mol. The summed E-state index contributed by atoms with van der Waals surface area (Å²) in [6.45, 7) is 3.94. The van der Waals surface area contributed by atoms with Crippen molar-refractivity contribution in [2.24, 2.45) is 0 Å². The van der Waals surface area contributed by atoms with Crippen molar-refractivity contribution in [2.75, 3.05) is 7.11 Å². The Kier molecular flexibility index (Phi) is 7.11. The molecule has 1 atom stereocenters. The van der Waals surface area contributed by atoms with Gasteiger partial charge in [-0.15, -0.1) is 0 Å². The molecule has 0 N–H and O–H groups in total. The van der Waals surface area contributed by atoms with Crippen molar-refractivity contribution < 1.29 is 9.53 Å². The molecule has 10 heavy (non-hydrogen) atoms. The van der Waals surface area contributed by atoms with E-state index in [4.69, 9.17) is 0 Å². The molecule has 4 heteroatoms. The first-order valence-electron chi connectivity index (χ1n) is 3.13. The van der Waals surface area contributed by atoms with Gasteiger partial charge in [-0.3, -0.25) is 4.79 Å². The average molecular weight is 170 g/mol. The van der Waals surface area contributed by atoms with Crippen LogP contribution in [0.5, 0.6) is 0 Å². The third kappa shape index (κ3) is 3.76. The van der Waals surface area contributed by atoms with Gasteiger partial charge in [-0.1, -0.05) is 13.8 Å². The number of hydrogen-bond acceptors (Lipinski definition) is 2. The van der Waals surface area contributed by atoms with Crippen LogP contribution in [0.4, 0.5) is 0 Å². The summed E-state index contributed by atoms with van der Waals surface area (Å²) in [5.74, 6) is -0.0725. The Morgan fingerprint density at radius 2 is 2.10 bits per heavy atom. The molecule has 0 bridgehead atoms. The molecular formula is C6H15NaO2Si. The Labute approximate surface area is 87.4 Å². The van der Waals surface area contributed by atoms with Gasteiger partial charge < -0.3 is 4.74 Å². The fourth-order valence-electron chi connectivity index (χ4n) is 0.421. The Balaban J connectivity index is 0. The number of ether oxygens (including phenoxy) is 1. The van der Waals surface area contributed by atoms with Gasteiger partial charge in [-0.25, -0.2) is 0 Å². The molecule has 0 aromatic carbocycles. The summed E-state index contributed by atoms with van der Waals surface area (Å²) >= 11 is 0. The van der Waals surface area contributed by atoms with Crippen LogP contribution in [-0.4, -0.2) is 52.9 Å². The molecule has 0 rings (SSSR count). The molecule has 0 heterocycles. The van der Waals surface area contributed by atoms with E-state index in [2.05, 4.69) is 4.74 Å². The summed E-state index contributed by atoms with van der Waals surface area (Å²) in [6.07, 6.45) is 0.881. The predicted molar refractivity (Wildman–Crippen MR) is 47.8 cm³/mol. The van der Waals surface area contributed by atoms with Crippen molar-refractivity contribution in [1.82, 2.24) is 0 Å². The van der Waals surface area contributed by atoms with Gasteiger partial charge in [0, 0.05) is 15.3 Å². The molecule has 0 saturated heterocycles. The molecule has 0 radical (unpaired) electrons. The van der Waals surface area contributed by atoms with Crippen LogP contribution in [0.15, 0.2) is 0 Å². The second-order valence-corrected chi connectivity index (χ2v) is 4.94. The molecule has 2 nitrogen and oxygen atoms in total. The standard InChI is InChI=1S/C6H14O2Si.Na.H/c1-4-6(2,9)5(7)8-3;;/h4H2,1-3,9H3;;. The van der Waals surface area contributed by atoms with Gasteiger partial charge in [-0.05, 0) is 6.42 Å². The van der Waals surface area contributed by atoms with Crippen LogP contribution in [-0.2, 0) is 9.53 Å². The van der Waals surface area contributed by atoms with E-state index in [9.17, 15) is 4.79 Å². The zero-order valence-electron chi connectivity index (χ0n) is 6.52. The molecule has 0 aliphatic rings. The average Bonchev–Trinajstić information content (AvgIpc) is 1.86. The van der Waals surface area contributed by atoms with Gasteiger partial charge in [-0.2, -0.15) is 0 Å². The van der Waals surface area contributed by atoms with E-state index < -0.39 is 0 Å². The molecule has 0 aliphatic heterocycles. The first-order chi connectivity index (χ1) is 4.04. The summed E-state index contributed by atoms with van der Waals surface area (Å²) < 4.78 is 4.60. The number of carbonyl (C=O) groups excluding carboxylic acids is 1. The second-order valence-electron chi connectivity index (χ2n) is 2.73. The van der Waals surface area contributed by atoms with Gasteiger partial charge in [0.05, 0.1) is 7.11 Å². The predicted octanol–water partition coefficient (Wildman–Crippen LogP) is -0.535. The molecule has 0 saturated carbocycles. The van der Waals surface area contributed by atoms with Crippen LogP contribution in [0.2, 0.25) is 5.04 Å². The van der Waals surface area contributed by atoms with Gasteiger partial charge in [0.25, 0.3) is 0 Å². The van der Waals surface area contributed by atoms with E-state index >= 15 is 0 Å². The van der Waals surface area contributed by atoms with Gasteiger partial charge in [0.1, 0.15) is 0 Å². The number of carbonyl (C=O) groups is 1. The Bertz CT molecular complexity index is 114. The normalized spacial score (nSPS) is 15.1. The molecule has 0 aromatic heterocycles. The Morgan fingerprint density at radius 1 is 1.70 bits per heavy atom. The quantitative estimate of drug-likeness (QED) is 0.411. The molecule has 1 unspecified atom stereocenters. The summed E-state index contributed by atoms with van der Waals surface area (Å²) in [5, 5.41) is -0.172. The van der Waals surface area contributed by atoms with Crippen molar-refractivity contribution in [3.8, 4) is 0 Å². The van der Waals surface area contributed by atoms with E-state index in [-0.39, 0.29) is 40.6 Å². The maximum atomic E-state index is 10.9. The number of methoxy groups -OCH3 is 1. The third-order valence-electron chi connectivity index (χ3n) is 1.62. The molecule has 0 aromatic rings. The van der Waals surface area contributed by atoms with Gasteiger partial charge in [0.2, 0.25) is 0 Å². The van der Waals surface area contributed by atoms with E-state index in [1.807, 2.05) is 13.8 Å². The molecule has 0 spiro atoms. The van der Waals surface area contributed by atoms with E-state index in [1.165, 1.54) is 7.11 Å². The van der Waals surface area contributed by atoms with Crippen molar-refractivity contribution in [1.29, 1.82) is 0 Å².